The van der Waals surface area contributed by atoms with E-state index in [2.05, 4.69) is 19.2 Å². The second kappa shape index (κ2) is 6.58. The summed E-state index contributed by atoms with van der Waals surface area (Å²) in [6.45, 7) is 8.12. The number of quaternary nitrogens is 1. The van der Waals surface area contributed by atoms with Gasteiger partial charge in [0.2, 0.25) is 5.91 Å². The molecule has 21 heavy (non-hydrogen) atoms. The van der Waals surface area contributed by atoms with Gasteiger partial charge in [0.15, 0.2) is 0 Å². The Labute approximate surface area is 129 Å². The fraction of sp³-hybridized carbons (Fsp3) is 0.600. The van der Waals surface area contributed by atoms with Gasteiger partial charge in [-0.05, 0) is 19.4 Å². The minimum Gasteiger partial charge on any atom is -0.465 e. The van der Waals surface area contributed by atoms with Crippen LogP contribution in [0.3, 0.4) is 0 Å². The van der Waals surface area contributed by atoms with Crippen molar-refractivity contribution in [3.05, 3.63) is 16.0 Å². The zero-order valence-corrected chi connectivity index (χ0v) is 13.9. The first-order chi connectivity index (χ1) is 9.97. The van der Waals surface area contributed by atoms with E-state index in [1.807, 2.05) is 0 Å². The molecule has 1 aromatic rings. The summed E-state index contributed by atoms with van der Waals surface area (Å²) >= 11 is 1.52. The van der Waals surface area contributed by atoms with Crippen LogP contribution in [0.5, 0.6) is 0 Å². The monoisotopic (exact) mass is 311 g/mol. The molecule has 5 nitrogen and oxygen atoms in total. The maximum atomic E-state index is 12.1. The van der Waals surface area contributed by atoms with Crippen LogP contribution in [0.2, 0.25) is 0 Å². The number of rotatable bonds is 4. The molecule has 6 heteroatoms. The smallest absolute Gasteiger partial charge is 0.341 e. The highest BCUT2D eigenvalue weighted by Gasteiger charge is 2.31. The van der Waals surface area contributed by atoms with Gasteiger partial charge in [-0.1, -0.05) is 6.92 Å². The van der Waals surface area contributed by atoms with Crippen molar-refractivity contribution >= 4 is 28.2 Å². The Morgan fingerprint density at radius 3 is 2.71 bits per heavy atom. The van der Waals surface area contributed by atoms with Crippen LogP contribution in [0, 0.1) is 0 Å². The first kappa shape index (κ1) is 16.0. The molecule has 0 spiro atoms. The van der Waals surface area contributed by atoms with Crippen molar-refractivity contribution in [3.63, 3.8) is 0 Å². The topological polar surface area (TPSA) is 59.8 Å². The second-order valence-electron chi connectivity index (χ2n) is 5.59. The highest BCUT2D eigenvalue weighted by atomic mass is 32.1. The molecule has 0 bridgehead atoms. The van der Waals surface area contributed by atoms with E-state index in [0.717, 1.165) is 25.1 Å². The number of fused-ring (bicyclic) bond motifs is 1. The number of ether oxygens (including phenoxy) is 1. The number of esters is 1. The molecule has 0 fully saturated rings. The zero-order valence-electron chi connectivity index (χ0n) is 13.0. The van der Waals surface area contributed by atoms with Crippen LogP contribution in [-0.2, 0) is 22.5 Å². The third-order valence-corrected chi connectivity index (χ3v) is 5.10. The SMILES string of the molecule is CCC(=O)Nc1sc2c(c1C(=O)OC)CC[NH+](C(C)C)C2. The van der Waals surface area contributed by atoms with Gasteiger partial charge >= 0.3 is 5.97 Å². The van der Waals surface area contributed by atoms with E-state index in [9.17, 15) is 9.59 Å². The van der Waals surface area contributed by atoms with Gasteiger partial charge in [-0.15, -0.1) is 11.3 Å². The minimum absolute atomic E-state index is 0.0770. The molecular weight excluding hydrogens is 288 g/mol. The Morgan fingerprint density at radius 2 is 2.14 bits per heavy atom. The van der Waals surface area contributed by atoms with Gasteiger partial charge in [0.1, 0.15) is 11.5 Å². The molecule has 2 heterocycles. The molecule has 1 amide bonds. The van der Waals surface area contributed by atoms with Gasteiger partial charge in [0.05, 0.1) is 30.1 Å². The van der Waals surface area contributed by atoms with Crippen molar-refractivity contribution < 1.29 is 19.2 Å². The maximum Gasteiger partial charge on any atom is 0.341 e. The number of methoxy groups -OCH3 is 1. The normalized spacial score (nSPS) is 17.5. The van der Waals surface area contributed by atoms with E-state index >= 15 is 0 Å². The molecule has 0 aromatic carbocycles. The molecule has 0 radical (unpaired) electrons. The number of hydrogen-bond acceptors (Lipinski definition) is 4. The number of nitrogens with one attached hydrogen (secondary N) is 2. The van der Waals surface area contributed by atoms with Crippen LogP contribution in [0.15, 0.2) is 0 Å². The predicted octanol–water partition coefficient (Wildman–Crippen LogP) is 1.23. The number of amides is 1. The molecule has 1 atom stereocenters. The summed E-state index contributed by atoms with van der Waals surface area (Å²) in [4.78, 5) is 26.4. The van der Waals surface area contributed by atoms with Crippen LogP contribution in [0.4, 0.5) is 5.00 Å². The molecule has 116 valence electrons. The summed E-state index contributed by atoms with van der Waals surface area (Å²) in [5, 5.41) is 3.49. The number of carbonyl (C=O) groups excluding carboxylic acids is 2. The van der Waals surface area contributed by atoms with Gasteiger partial charge in [0.25, 0.3) is 0 Å². The molecule has 1 aromatic heterocycles. The summed E-state index contributed by atoms with van der Waals surface area (Å²) < 4.78 is 4.90. The summed E-state index contributed by atoms with van der Waals surface area (Å²) in [5.41, 5.74) is 1.62. The lowest BCUT2D eigenvalue weighted by atomic mass is 10.0. The van der Waals surface area contributed by atoms with Gasteiger partial charge < -0.3 is 15.0 Å². The highest BCUT2D eigenvalue weighted by molar-refractivity contribution is 7.17. The Kier molecular flexibility index (Phi) is 5.00. The fourth-order valence-electron chi connectivity index (χ4n) is 2.61. The van der Waals surface area contributed by atoms with Crippen molar-refractivity contribution in [2.45, 2.75) is 46.2 Å². The average Bonchev–Trinajstić information content (AvgIpc) is 2.82. The summed E-state index contributed by atoms with van der Waals surface area (Å²) in [6.07, 6.45) is 1.25. The first-order valence-electron chi connectivity index (χ1n) is 7.35. The molecule has 0 saturated carbocycles. The lowest BCUT2D eigenvalue weighted by molar-refractivity contribution is -0.936. The molecule has 0 saturated heterocycles. The van der Waals surface area contributed by atoms with Gasteiger partial charge in [-0.2, -0.15) is 0 Å². The van der Waals surface area contributed by atoms with Crippen LogP contribution in [-0.4, -0.2) is 31.6 Å². The van der Waals surface area contributed by atoms with Crippen molar-refractivity contribution in [3.8, 4) is 0 Å². The van der Waals surface area contributed by atoms with E-state index < -0.39 is 0 Å². The van der Waals surface area contributed by atoms with Gasteiger partial charge in [-0.25, -0.2) is 4.79 Å². The largest absolute Gasteiger partial charge is 0.465 e. The van der Waals surface area contributed by atoms with E-state index in [-0.39, 0.29) is 11.9 Å². The summed E-state index contributed by atoms with van der Waals surface area (Å²) in [7, 11) is 1.38. The molecule has 1 aliphatic heterocycles. The molecule has 1 aliphatic rings. The van der Waals surface area contributed by atoms with Crippen molar-refractivity contribution in [2.75, 3.05) is 19.0 Å². The van der Waals surface area contributed by atoms with E-state index in [0.29, 0.717) is 23.0 Å². The molecular formula is C15H23N2O3S+. The van der Waals surface area contributed by atoms with Crippen molar-refractivity contribution in [1.82, 2.24) is 0 Å². The van der Waals surface area contributed by atoms with E-state index in [4.69, 9.17) is 4.74 Å². The number of hydrogen-bond donors (Lipinski definition) is 2. The number of carbonyl (C=O) groups is 2. The lowest BCUT2D eigenvalue weighted by Gasteiger charge is -2.27. The Morgan fingerprint density at radius 1 is 1.43 bits per heavy atom. The second-order valence-corrected chi connectivity index (χ2v) is 6.70. The van der Waals surface area contributed by atoms with Crippen molar-refractivity contribution in [2.24, 2.45) is 0 Å². The maximum absolute atomic E-state index is 12.1. The Bertz CT molecular complexity index is 551. The molecule has 0 aliphatic carbocycles. The lowest BCUT2D eigenvalue weighted by Crippen LogP contribution is -3.14. The quantitative estimate of drug-likeness (QED) is 0.822. The molecule has 2 N–H and O–H groups in total. The fourth-order valence-corrected chi connectivity index (χ4v) is 3.92. The predicted molar refractivity (Wildman–Crippen MR) is 83.0 cm³/mol. The first-order valence-corrected chi connectivity index (χ1v) is 8.16. The third kappa shape index (κ3) is 3.27. The van der Waals surface area contributed by atoms with Crippen molar-refractivity contribution in [1.29, 1.82) is 0 Å². The standard InChI is InChI=1S/C15H22N2O3S/c1-5-12(18)16-14-13(15(19)20-4)10-6-7-17(9(2)3)8-11(10)21-14/h9H,5-8H2,1-4H3,(H,16,18)/p+1. The highest BCUT2D eigenvalue weighted by Crippen LogP contribution is 2.35. The van der Waals surface area contributed by atoms with Crippen LogP contribution >= 0.6 is 11.3 Å². The van der Waals surface area contributed by atoms with E-state index in [1.165, 1.54) is 28.2 Å². The van der Waals surface area contributed by atoms with E-state index in [1.54, 1.807) is 6.92 Å². The Hall–Kier alpha value is -1.40. The summed E-state index contributed by atoms with van der Waals surface area (Å²) in [5.74, 6) is -0.432. The minimum atomic E-state index is -0.355. The Balaban J connectivity index is 2.38. The zero-order chi connectivity index (χ0) is 15.6. The summed E-state index contributed by atoms with van der Waals surface area (Å²) in [6, 6.07) is 0.551. The van der Waals surface area contributed by atoms with Crippen LogP contribution < -0.4 is 10.2 Å². The average molecular weight is 311 g/mol. The molecule has 2 rings (SSSR count). The molecule has 1 unspecified atom stereocenters. The third-order valence-electron chi connectivity index (χ3n) is 3.95. The van der Waals surface area contributed by atoms with Gasteiger partial charge in [-0.3, -0.25) is 4.79 Å². The number of thiophene rings is 1. The number of anilines is 1. The van der Waals surface area contributed by atoms with Gasteiger partial charge in [0, 0.05) is 12.8 Å². The van der Waals surface area contributed by atoms with Crippen LogP contribution in [0.25, 0.3) is 0 Å². The van der Waals surface area contributed by atoms with Crippen LogP contribution in [0.1, 0.15) is 48.0 Å².